The molecule has 0 saturated carbocycles. The van der Waals surface area contributed by atoms with Gasteiger partial charge < -0.3 is 10.2 Å². The second-order valence-corrected chi connectivity index (χ2v) is 4.98. The number of nitrogens with zero attached hydrogens (tertiary/aromatic N) is 2. The Bertz CT molecular complexity index is 365. The highest BCUT2D eigenvalue weighted by atomic mass is 35.5. The van der Waals surface area contributed by atoms with E-state index in [4.69, 9.17) is 11.6 Å². The van der Waals surface area contributed by atoms with Crippen molar-refractivity contribution in [3.8, 4) is 0 Å². The third-order valence-corrected chi connectivity index (χ3v) is 3.89. The van der Waals surface area contributed by atoms with E-state index < -0.39 is 0 Å². The van der Waals surface area contributed by atoms with Crippen LogP contribution in [0.1, 0.15) is 19.3 Å². The molecule has 0 unspecified atom stereocenters. The van der Waals surface area contributed by atoms with Crippen LogP contribution in [0.2, 0.25) is 5.15 Å². The van der Waals surface area contributed by atoms with Crippen molar-refractivity contribution in [3.63, 3.8) is 0 Å². The minimum absolute atomic E-state index is 0.571. The Balaban J connectivity index is 1.85. The van der Waals surface area contributed by atoms with E-state index in [0.29, 0.717) is 17.2 Å². The molecule has 2 aliphatic heterocycles. The smallest absolute Gasteiger partial charge is 0.129 e. The van der Waals surface area contributed by atoms with E-state index in [1.54, 1.807) is 0 Å². The Labute approximate surface area is 101 Å². The molecule has 2 aliphatic rings. The SMILES string of the molecule is Clc1ccc(N2CCC[C@@H]3NCC[C@@H]32)cn1. The number of halogens is 1. The predicted molar refractivity (Wildman–Crippen MR) is 66.0 cm³/mol. The first-order chi connectivity index (χ1) is 7.84. The minimum atomic E-state index is 0.571. The Hall–Kier alpha value is -0.800. The molecule has 1 aromatic heterocycles. The predicted octanol–water partition coefficient (Wildman–Crippen LogP) is 2.07. The van der Waals surface area contributed by atoms with Gasteiger partial charge in [0.1, 0.15) is 5.15 Å². The van der Waals surface area contributed by atoms with E-state index in [-0.39, 0.29) is 0 Å². The number of anilines is 1. The first-order valence-electron chi connectivity index (χ1n) is 5.96. The van der Waals surface area contributed by atoms with Crippen molar-refractivity contribution in [2.45, 2.75) is 31.3 Å². The molecule has 16 heavy (non-hydrogen) atoms. The van der Waals surface area contributed by atoms with Gasteiger partial charge in [-0.25, -0.2) is 4.98 Å². The normalized spacial score (nSPS) is 29.2. The summed E-state index contributed by atoms with van der Waals surface area (Å²) < 4.78 is 0. The lowest BCUT2D eigenvalue weighted by Gasteiger charge is -2.38. The van der Waals surface area contributed by atoms with Gasteiger partial charge in [-0.3, -0.25) is 0 Å². The third-order valence-electron chi connectivity index (χ3n) is 3.67. The van der Waals surface area contributed by atoms with E-state index in [1.807, 2.05) is 12.3 Å². The van der Waals surface area contributed by atoms with Crippen LogP contribution >= 0.6 is 11.6 Å². The van der Waals surface area contributed by atoms with Gasteiger partial charge in [-0.2, -0.15) is 0 Å². The molecule has 0 spiro atoms. The van der Waals surface area contributed by atoms with E-state index in [9.17, 15) is 0 Å². The fraction of sp³-hybridized carbons (Fsp3) is 0.583. The van der Waals surface area contributed by atoms with Gasteiger partial charge in [-0.15, -0.1) is 0 Å². The van der Waals surface area contributed by atoms with Crippen molar-refractivity contribution >= 4 is 17.3 Å². The van der Waals surface area contributed by atoms with Crippen LogP contribution in [-0.2, 0) is 0 Å². The van der Waals surface area contributed by atoms with Crippen molar-refractivity contribution < 1.29 is 0 Å². The lowest BCUT2D eigenvalue weighted by atomic mass is 9.97. The minimum Gasteiger partial charge on any atom is -0.366 e. The zero-order valence-electron chi connectivity index (χ0n) is 9.19. The number of rotatable bonds is 1. The molecule has 0 aromatic carbocycles. The Morgan fingerprint density at radius 2 is 2.31 bits per heavy atom. The van der Waals surface area contributed by atoms with E-state index >= 15 is 0 Å². The number of hydrogen-bond acceptors (Lipinski definition) is 3. The summed E-state index contributed by atoms with van der Waals surface area (Å²) in [6, 6.07) is 5.28. The molecule has 4 heteroatoms. The molecule has 3 heterocycles. The maximum Gasteiger partial charge on any atom is 0.129 e. The van der Waals surface area contributed by atoms with Crippen molar-refractivity contribution in [3.05, 3.63) is 23.5 Å². The van der Waals surface area contributed by atoms with Crippen molar-refractivity contribution in [2.24, 2.45) is 0 Å². The number of pyridine rings is 1. The van der Waals surface area contributed by atoms with Crippen molar-refractivity contribution in [1.29, 1.82) is 0 Å². The number of nitrogens with one attached hydrogen (secondary N) is 1. The molecular formula is C12H16ClN3. The molecule has 86 valence electrons. The lowest BCUT2D eigenvalue weighted by Crippen LogP contribution is -2.48. The highest BCUT2D eigenvalue weighted by Crippen LogP contribution is 2.29. The molecule has 0 radical (unpaired) electrons. The van der Waals surface area contributed by atoms with Gasteiger partial charge in [0.2, 0.25) is 0 Å². The molecule has 1 N–H and O–H groups in total. The Morgan fingerprint density at radius 1 is 1.38 bits per heavy atom. The van der Waals surface area contributed by atoms with E-state index in [0.717, 1.165) is 13.1 Å². The van der Waals surface area contributed by atoms with Gasteiger partial charge in [-0.05, 0) is 37.9 Å². The maximum absolute atomic E-state index is 5.82. The first kappa shape index (κ1) is 10.4. The monoisotopic (exact) mass is 237 g/mol. The summed E-state index contributed by atoms with van der Waals surface area (Å²) in [7, 11) is 0. The number of fused-ring (bicyclic) bond motifs is 1. The van der Waals surface area contributed by atoms with Gasteiger partial charge >= 0.3 is 0 Å². The zero-order valence-corrected chi connectivity index (χ0v) is 9.95. The first-order valence-corrected chi connectivity index (χ1v) is 6.34. The van der Waals surface area contributed by atoms with Crippen LogP contribution < -0.4 is 10.2 Å². The van der Waals surface area contributed by atoms with E-state index in [1.165, 1.54) is 24.9 Å². The summed E-state index contributed by atoms with van der Waals surface area (Å²) >= 11 is 5.82. The van der Waals surface area contributed by atoms with Gasteiger partial charge in [-0.1, -0.05) is 11.6 Å². The average Bonchev–Trinajstić information content (AvgIpc) is 2.78. The molecule has 2 atom stereocenters. The second kappa shape index (κ2) is 4.22. The standard InChI is InChI=1S/C12H16ClN3/c13-12-4-3-9(8-15-12)16-7-1-2-10-11(16)5-6-14-10/h3-4,8,10-11,14H,1-2,5-7H2/t10-,11-/m0/s1. The van der Waals surface area contributed by atoms with Crippen LogP contribution in [0.15, 0.2) is 18.3 Å². The number of hydrogen-bond donors (Lipinski definition) is 1. The van der Waals surface area contributed by atoms with Crippen LogP contribution in [0.25, 0.3) is 0 Å². The molecule has 0 aliphatic carbocycles. The molecule has 2 saturated heterocycles. The summed E-state index contributed by atoms with van der Waals surface area (Å²) in [4.78, 5) is 6.66. The average molecular weight is 238 g/mol. The largest absolute Gasteiger partial charge is 0.366 e. The highest BCUT2D eigenvalue weighted by Gasteiger charge is 2.34. The maximum atomic E-state index is 5.82. The molecule has 3 rings (SSSR count). The van der Waals surface area contributed by atoms with Crippen molar-refractivity contribution in [1.82, 2.24) is 10.3 Å². The third kappa shape index (κ3) is 1.78. The van der Waals surface area contributed by atoms with Gasteiger partial charge in [0.15, 0.2) is 0 Å². The van der Waals surface area contributed by atoms with Crippen LogP contribution in [0.3, 0.4) is 0 Å². The second-order valence-electron chi connectivity index (χ2n) is 4.59. The van der Waals surface area contributed by atoms with Crippen molar-refractivity contribution in [2.75, 3.05) is 18.0 Å². The summed E-state index contributed by atoms with van der Waals surface area (Å²) in [5, 5.41) is 4.15. The quantitative estimate of drug-likeness (QED) is 0.758. The Kier molecular flexibility index (Phi) is 2.74. The Morgan fingerprint density at radius 3 is 3.12 bits per heavy atom. The number of aromatic nitrogens is 1. The molecular weight excluding hydrogens is 222 g/mol. The molecule has 3 nitrogen and oxygen atoms in total. The van der Waals surface area contributed by atoms with Crippen LogP contribution in [0, 0.1) is 0 Å². The van der Waals surface area contributed by atoms with Crippen LogP contribution in [-0.4, -0.2) is 30.2 Å². The fourth-order valence-electron chi connectivity index (χ4n) is 2.93. The molecule has 0 amide bonds. The topological polar surface area (TPSA) is 28.2 Å². The molecule has 0 bridgehead atoms. The van der Waals surface area contributed by atoms with Gasteiger partial charge in [0, 0.05) is 18.6 Å². The van der Waals surface area contributed by atoms with Crippen LogP contribution in [0.4, 0.5) is 5.69 Å². The summed E-state index contributed by atoms with van der Waals surface area (Å²) in [6.07, 6.45) is 5.70. The fourth-order valence-corrected chi connectivity index (χ4v) is 3.04. The molecule has 1 aromatic rings. The highest BCUT2D eigenvalue weighted by molar-refractivity contribution is 6.29. The van der Waals surface area contributed by atoms with E-state index in [2.05, 4.69) is 21.3 Å². The van der Waals surface area contributed by atoms with Gasteiger partial charge in [0.25, 0.3) is 0 Å². The number of piperidine rings is 1. The summed E-state index contributed by atoms with van der Waals surface area (Å²) in [5.41, 5.74) is 1.21. The van der Waals surface area contributed by atoms with Gasteiger partial charge in [0.05, 0.1) is 11.9 Å². The summed E-state index contributed by atoms with van der Waals surface area (Å²) in [5.74, 6) is 0. The summed E-state index contributed by atoms with van der Waals surface area (Å²) in [6.45, 7) is 2.29. The lowest BCUT2D eigenvalue weighted by molar-refractivity contribution is 0.412. The van der Waals surface area contributed by atoms with Crippen LogP contribution in [0.5, 0.6) is 0 Å². The zero-order chi connectivity index (χ0) is 11.0. The molecule has 2 fully saturated rings.